The predicted molar refractivity (Wildman–Crippen MR) is 83.1 cm³/mol. The molecule has 0 fully saturated rings. The van der Waals surface area contributed by atoms with E-state index in [1.165, 1.54) is 17.4 Å². The lowest BCUT2D eigenvalue weighted by Gasteiger charge is -1.93. The van der Waals surface area contributed by atoms with Gasteiger partial charge in [-0.1, -0.05) is 53.5 Å². The molecular weight excluding hydrogens is 299 g/mol. The van der Waals surface area contributed by atoms with E-state index in [1.807, 2.05) is 30.3 Å². The van der Waals surface area contributed by atoms with Gasteiger partial charge < -0.3 is 0 Å². The van der Waals surface area contributed by atoms with E-state index in [0.717, 1.165) is 5.56 Å². The summed E-state index contributed by atoms with van der Waals surface area (Å²) in [6.07, 6.45) is 4.83. The van der Waals surface area contributed by atoms with Crippen molar-refractivity contribution in [3.05, 3.63) is 74.4 Å². The SMILES string of the molecule is O=C(/C=C/C(Cl)=C/c1ccccc1)c1ccc(Cl)s1. The molecular formula is C15H10Cl2OS. The fraction of sp³-hybridized carbons (Fsp3) is 0. The van der Waals surface area contributed by atoms with Crippen molar-refractivity contribution in [3.63, 3.8) is 0 Å². The van der Waals surface area contributed by atoms with Crippen LogP contribution in [0.15, 0.2) is 59.6 Å². The molecule has 1 heterocycles. The van der Waals surface area contributed by atoms with Crippen LogP contribution in [0.2, 0.25) is 4.34 Å². The minimum atomic E-state index is -0.100. The van der Waals surface area contributed by atoms with Crippen LogP contribution in [0.5, 0.6) is 0 Å². The van der Waals surface area contributed by atoms with E-state index in [-0.39, 0.29) is 5.78 Å². The molecule has 0 aliphatic rings. The van der Waals surface area contributed by atoms with Crippen molar-refractivity contribution in [1.82, 2.24) is 0 Å². The number of rotatable bonds is 4. The molecule has 4 heteroatoms. The number of allylic oxidation sites excluding steroid dienone is 3. The lowest BCUT2D eigenvalue weighted by molar-refractivity contribution is 0.105. The van der Waals surface area contributed by atoms with Gasteiger partial charge in [0.25, 0.3) is 0 Å². The number of ketones is 1. The summed E-state index contributed by atoms with van der Waals surface area (Å²) in [6, 6.07) is 13.1. The number of hydrogen-bond acceptors (Lipinski definition) is 2. The van der Waals surface area contributed by atoms with E-state index >= 15 is 0 Å². The van der Waals surface area contributed by atoms with E-state index < -0.39 is 0 Å². The van der Waals surface area contributed by atoms with Crippen molar-refractivity contribution in [1.29, 1.82) is 0 Å². The van der Waals surface area contributed by atoms with E-state index in [9.17, 15) is 4.79 Å². The summed E-state index contributed by atoms with van der Waals surface area (Å²) in [5, 5.41) is 0.502. The van der Waals surface area contributed by atoms with E-state index in [0.29, 0.717) is 14.2 Å². The predicted octanol–water partition coefficient (Wildman–Crippen LogP) is 5.42. The van der Waals surface area contributed by atoms with Crippen LogP contribution in [0.25, 0.3) is 6.08 Å². The van der Waals surface area contributed by atoms with Gasteiger partial charge in [0.2, 0.25) is 0 Å². The van der Waals surface area contributed by atoms with Crippen LogP contribution in [0, 0.1) is 0 Å². The average Bonchev–Trinajstić information content (AvgIpc) is 2.84. The third kappa shape index (κ3) is 4.35. The fourth-order valence-corrected chi connectivity index (χ4v) is 2.59. The minimum Gasteiger partial charge on any atom is -0.288 e. The van der Waals surface area contributed by atoms with Crippen LogP contribution in [0.1, 0.15) is 15.2 Å². The Balaban J connectivity index is 2.06. The zero-order chi connectivity index (χ0) is 13.7. The van der Waals surface area contributed by atoms with Gasteiger partial charge >= 0.3 is 0 Å². The maximum atomic E-state index is 11.8. The van der Waals surface area contributed by atoms with Gasteiger partial charge in [0, 0.05) is 5.03 Å². The first-order valence-electron chi connectivity index (χ1n) is 5.55. The first-order valence-corrected chi connectivity index (χ1v) is 7.12. The lowest BCUT2D eigenvalue weighted by Crippen LogP contribution is -1.88. The molecule has 19 heavy (non-hydrogen) atoms. The van der Waals surface area contributed by atoms with Gasteiger partial charge in [-0.05, 0) is 35.9 Å². The summed E-state index contributed by atoms with van der Waals surface area (Å²) < 4.78 is 0.600. The number of thiophene rings is 1. The molecule has 0 radical (unpaired) electrons. The second-order valence-electron chi connectivity index (χ2n) is 3.74. The molecule has 0 saturated carbocycles. The first kappa shape index (κ1) is 14.1. The van der Waals surface area contributed by atoms with Crippen LogP contribution in [0.4, 0.5) is 0 Å². The fourth-order valence-electron chi connectivity index (χ4n) is 1.44. The van der Waals surface area contributed by atoms with Crippen molar-refractivity contribution in [2.75, 3.05) is 0 Å². The molecule has 1 aromatic heterocycles. The summed E-state index contributed by atoms with van der Waals surface area (Å²) in [4.78, 5) is 12.4. The van der Waals surface area contributed by atoms with Gasteiger partial charge in [-0.3, -0.25) is 4.79 Å². The van der Waals surface area contributed by atoms with Crippen LogP contribution >= 0.6 is 34.5 Å². The highest BCUT2D eigenvalue weighted by Gasteiger charge is 2.04. The summed E-state index contributed by atoms with van der Waals surface area (Å²) >= 11 is 13.1. The second-order valence-corrected chi connectivity index (χ2v) is 5.89. The number of benzene rings is 1. The van der Waals surface area contributed by atoms with Crippen molar-refractivity contribution in [3.8, 4) is 0 Å². The summed E-state index contributed by atoms with van der Waals surface area (Å²) in [5.41, 5.74) is 0.990. The molecule has 0 bridgehead atoms. The molecule has 0 atom stereocenters. The molecule has 2 rings (SSSR count). The smallest absolute Gasteiger partial charge is 0.195 e. The van der Waals surface area contributed by atoms with Crippen LogP contribution in [0.3, 0.4) is 0 Å². The van der Waals surface area contributed by atoms with Gasteiger partial charge in [-0.25, -0.2) is 0 Å². The Hall–Kier alpha value is -1.35. The molecule has 0 amide bonds. The van der Waals surface area contributed by atoms with Gasteiger partial charge in [0.15, 0.2) is 5.78 Å². The molecule has 0 spiro atoms. The van der Waals surface area contributed by atoms with Crippen molar-refractivity contribution in [2.24, 2.45) is 0 Å². The van der Waals surface area contributed by atoms with E-state index in [2.05, 4.69) is 0 Å². The highest BCUT2D eigenvalue weighted by molar-refractivity contribution is 7.18. The van der Waals surface area contributed by atoms with Crippen molar-refractivity contribution < 1.29 is 4.79 Å². The van der Waals surface area contributed by atoms with Crippen LogP contribution in [-0.2, 0) is 0 Å². The average molecular weight is 309 g/mol. The van der Waals surface area contributed by atoms with Crippen LogP contribution < -0.4 is 0 Å². The Bertz CT molecular complexity index is 627. The monoisotopic (exact) mass is 308 g/mol. The molecule has 96 valence electrons. The number of halogens is 2. The number of hydrogen-bond donors (Lipinski definition) is 0. The zero-order valence-corrected chi connectivity index (χ0v) is 12.2. The molecule has 0 unspecified atom stereocenters. The molecule has 1 nitrogen and oxygen atoms in total. The molecule has 0 aliphatic heterocycles. The van der Waals surface area contributed by atoms with E-state index in [4.69, 9.17) is 23.2 Å². The Morgan fingerprint density at radius 3 is 2.42 bits per heavy atom. The maximum absolute atomic E-state index is 11.8. The third-order valence-electron chi connectivity index (χ3n) is 2.31. The Kier molecular flexibility index (Phi) is 4.97. The zero-order valence-electron chi connectivity index (χ0n) is 9.85. The molecule has 0 N–H and O–H groups in total. The normalized spacial score (nSPS) is 12.0. The molecule has 1 aromatic carbocycles. The maximum Gasteiger partial charge on any atom is 0.195 e. The summed E-state index contributed by atoms with van der Waals surface area (Å²) in [7, 11) is 0. The molecule has 2 aromatic rings. The van der Waals surface area contributed by atoms with Crippen molar-refractivity contribution in [2.45, 2.75) is 0 Å². The van der Waals surface area contributed by atoms with Crippen molar-refractivity contribution >= 4 is 46.4 Å². The largest absolute Gasteiger partial charge is 0.288 e. The highest BCUT2D eigenvalue weighted by atomic mass is 35.5. The van der Waals surface area contributed by atoms with Gasteiger partial charge in [0.1, 0.15) is 0 Å². The lowest BCUT2D eigenvalue weighted by atomic mass is 10.2. The second kappa shape index (κ2) is 6.71. The Morgan fingerprint density at radius 2 is 1.79 bits per heavy atom. The Morgan fingerprint density at radius 1 is 1.05 bits per heavy atom. The van der Waals surface area contributed by atoms with Gasteiger partial charge in [-0.15, -0.1) is 11.3 Å². The quantitative estimate of drug-likeness (QED) is 0.419. The van der Waals surface area contributed by atoms with Gasteiger partial charge in [-0.2, -0.15) is 0 Å². The Labute approximate surface area is 125 Å². The van der Waals surface area contributed by atoms with E-state index in [1.54, 1.807) is 24.3 Å². The molecule has 0 aliphatic carbocycles. The summed E-state index contributed by atoms with van der Waals surface area (Å²) in [5.74, 6) is -0.100. The van der Waals surface area contributed by atoms with Gasteiger partial charge in [0.05, 0.1) is 9.21 Å². The number of carbonyl (C=O) groups is 1. The highest BCUT2D eigenvalue weighted by Crippen LogP contribution is 2.22. The van der Waals surface area contributed by atoms with Crippen LogP contribution in [-0.4, -0.2) is 5.78 Å². The third-order valence-corrected chi connectivity index (χ3v) is 3.79. The molecule has 0 saturated heterocycles. The number of carbonyl (C=O) groups excluding carboxylic acids is 1. The minimum absolute atomic E-state index is 0.100. The first-order chi connectivity index (χ1) is 9.15. The topological polar surface area (TPSA) is 17.1 Å². The standard InChI is InChI=1S/C15H10Cl2OS/c16-12(10-11-4-2-1-3-5-11)6-7-13(18)14-8-9-15(17)19-14/h1-10H/b7-6+,12-10-. The summed E-state index contributed by atoms with van der Waals surface area (Å²) in [6.45, 7) is 0.